The SMILES string of the molecule is CCC(C)CC(=O)Nc1ccc(C(N)=S)cc1F. The van der Waals surface area contributed by atoms with Crippen molar-refractivity contribution in [1.29, 1.82) is 0 Å². The number of rotatable bonds is 5. The molecule has 1 atom stereocenters. The highest BCUT2D eigenvalue weighted by Crippen LogP contribution is 2.17. The van der Waals surface area contributed by atoms with E-state index in [4.69, 9.17) is 18.0 Å². The molecule has 0 aliphatic heterocycles. The van der Waals surface area contributed by atoms with Crippen LogP contribution in [0.15, 0.2) is 18.2 Å². The van der Waals surface area contributed by atoms with Crippen LogP contribution < -0.4 is 11.1 Å². The summed E-state index contributed by atoms with van der Waals surface area (Å²) < 4.78 is 13.7. The number of amides is 1. The van der Waals surface area contributed by atoms with Gasteiger partial charge in [-0.2, -0.15) is 0 Å². The van der Waals surface area contributed by atoms with Crippen LogP contribution in [0.5, 0.6) is 0 Å². The molecule has 1 aromatic carbocycles. The lowest BCUT2D eigenvalue weighted by molar-refractivity contribution is -0.117. The van der Waals surface area contributed by atoms with Crippen LogP contribution in [0.1, 0.15) is 32.3 Å². The minimum atomic E-state index is -0.530. The number of hydrogen-bond donors (Lipinski definition) is 2. The van der Waals surface area contributed by atoms with Gasteiger partial charge in [0.15, 0.2) is 0 Å². The van der Waals surface area contributed by atoms with Crippen molar-refractivity contribution in [2.24, 2.45) is 11.7 Å². The number of carbonyl (C=O) groups is 1. The molecule has 0 bridgehead atoms. The molecule has 1 aromatic rings. The maximum Gasteiger partial charge on any atom is 0.224 e. The fourth-order valence-corrected chi connectivity index (χ4v) is 1.56. The number of carbonyl (C=O) groups excluding carboxylic acids is 1. The van der Waals surface area contributed by atoms with Crippen molar-refractivity contribution in [1.82, 2.24) is 0 Å². The monoisotopic (exact) mass is 268 g/mol. The average molecular weight is 268 g/mol. The molecular weight excluding hydrogens is 251 g/mol. The molecule has 1 rings (SSSR count). The third kappa shape index (κ3) is 4.07. The fourth-order valence-electron chi connectivity index (χ4n) is 1.43. The minimum absolute atomic E-state index is 0.131. The highest BCUT2D eigenvalue weighted by Gasteiger charge is 2.11. The molecule has 0 aliphatic carbocycles. The molecule has 18 heavy (non-hydrogen) atoms. The summed E-state index contributed by atoms with van der Waals surface area (Å²) in [7, 11) is 0. The van der Waals surface area contributed by atoms with Crippen LogP contribution in [0.3, 0.4) is 0 Å². The molecule has 0 saturated heterocycles. The highest BCUT2D eigenvalue weighted by atomic mass is 32.1. The average Bonchev–Trinajstić information content (AvgIpc) is 2.31. The molecule has 3 nitrogen and oxygen atoms in total. The summed E-state index contributed by atoms with van der Waals surface area (Å²) in [6.45, 7) is 3.99. The molecule has 0 heterocycles. The molecule has 98 valence electrons. The number of hydrogen-bond acceptors (Lipinski definition) is 2. The zero-order valence-electron chi connectivity index (χ0n) is 10.5. The van der Waals surface area contributed by atoms with Crippen LogP contribution in [-0.4, -0.2) is 10.9 Å². The van der Waals surface area contributed by atoms with Crippen LogP contribution in [-0.2, 0) is 4.79 Å². The maximum absolute atomic E-state index is 13.7. The smallest absolute Gasteiger partial charge is 0.224 e. The van der Waals surface area contributed by atoms with E-state index >= 15 is 0 Å². The first-order valence-corrected chi connectivity index (χ1v) is 6.24. The van der Waals surface area contributed by atoms with E-state index in [1.165, 1.54) is 12.1 Å². The second-order valence-corrected chi connectivity index (χ2v) is 4.76. The van der Waals surface area contributed by atoms with Crippen LogP contribution in [0.4, 0.5) is 10.1 Å². The Morgan fingerprint density at radius 1 is 1.56 bits per heavy atom. The van der Waals surface area contributed by atoms with E-state index in [1.54, 1.807) is 6.07 Å². The zero-order valence-corrected chi connectivity index (χ0v) is 11.3. The second kappa shape index (κ2) is 6.44. The van der Waals surface area contributed by atoms with E-state index in [0.29, 0.717) is 12.0 Å². The predicted octanol–water partition coefficient (Wildman–Crippen LogP) is 2.83. The van der Waals surface area contributed by atoms with Gasteiger partial charge in [0.25, 0.3) is 0 Å². The van der Waals surface area contributed by atoms with Crippen LogP contribution in [0, 0.1) is 11.7 Å². The number of halogens is 1. The van der Waals surface area contributed by atoms with Gasteiger partial charge in [-0.05, 0) is 24.1 Å². The zero-order chi connectivity index (χ0) is 13.7. The van der Waals surface area contributed by atoms with Crippen molar-refractivity contribution >= 4 is 28.8 Å². The fraction of sp³-hybridized carbons (Fsp3) is 0.385. The normalized spacial score (nSPS) is 11.9. The van der Waals surface area contributed by atoms with Crippen molar-refractivity contribution in [2.45, 2.75) is 26.7 Å². The number of anilines is 1. The van der Waals surface area contributed by atoms with Crippen molar-refractivity contribution in [3.8, 4) is 0 Å². The molecule has 1 unspecified atom stereocenters. The molecule has 5 heteroatoms. The predicted molar refractivity (Wildman–Crippen MR) is 75.0 cm³/mol. The van der Waals surface area contributed by atoms with Crippen molar-refractivity contribution in [3.05, 3.63) is 29.6 Å². The Morgan fingerprint density at radius 2 is 2.22 bits per heavy atom. The van der Waals surface area contributed by atoms with Crippen LogP contribution in [0.25, 0.3) is 0 Å². The van der Waals surface area contributed by atoms with E-state index in [9.17, 15) is 9.18 Å². The number of nitrogens with two attached hydrogens (primary N) is 1. The van der Waals surface area contributed by atoms with Crippen molar-refractivity contribution < 1.29 is 9.18 Å². The van der Waals surface area contributed by atoms with E-state index in [2.05, 4.69) is 5.32 Å². The molecular formula is C13H17FN2OS. The maximum atomic E-state index is 13.7. The Labute approximate surface area is 112 Å². The summed E-state index contributed by atoms with van der Waals surface area (Å²) in [5.74, 6) is -0.437. The quantitative estimate of drug-likeness (QED) is 0.807. The summed E-state index contributed by atoms with van der Waals surface area (Å²) in [6.07, 6.45) is 1.29. The Kier molecular flexibility index (Phi) is 5.22. The van der Waals surface area contributed by atoms with Gasteiger partial charge in [0.05, 0.1) is 5.69 Å². The third-order valence-corrected chi connectivity index (χ3v) is 2.99. The second-order valence-electron chi connectivity index (χ2n) is 4.32. The lowest BCUT2D eigenvalue weighted by Crippen LogP contribution is -2.16. The summed E-state index contributed by atoms with van der Waals surface area (Å²) in [5.41, 5.74) is 6.00. The molecule has 3 N–H and O–H groups in total. The molecule has 0 fully saturated rings. The van der Waals surface area contributed by atoms with Gasteiger partial charge in [-0.3, -0.25) is 4.79 Å². The van der Waals surface area contributed by atoms with Crippen molar-refractivity contribution in [3.63, 3.8) is 0 Å². The Morgan fingerprint density at radius 3 is 2.72 bits per heavy atom. The Hall–Kier alpha value is -1.49. The number of benzene rings is 1. The van der Waals surface area contributed by atoms with E-state index in [1.807, 2.05) is 13.8 Å². The molecule has 0 spiro atoms. The van der Waals surface area contributed by atoms with Gasteiger partial charge < -0.3 is 11.1 Å². The molecule has 0 saturated carbocycles. The Bertz CT molecular complexity index is 462. The standard InChI is InChI=1S/C13H17FN2OS/c1-3-8(2)6-12(17)16-11-5-4-9(13(15)18)7-10(11)14/h4-5,7-8H,3,6H2,1-2H3,(H2,15,18)(H,16,17). The number of nitrogens with one attached hydrogen (secondary N) is 1. The van der Waals surface area contributed by atoms with Gasteiger partial charge in [0.1, 0.15) is 10.8 Å². The summed E-state index contributed by atoms with van der Waals surface area (Å²) >= 11 is 4.75. The van der Waals surface area contributed by atoms with Gasteiger partial charge in [-0.25, -0.2) is 4.39 Å². The topological polar surface area (TPSA) is 55.1 Å². The molecule has 0 aliphatic rings. The summed E-state index contributed by atoms with van der Waals surface area (Å²) in [4.78, 5) is 11.8. The summed E-state index contributed by atoms with van der Waals surface area (Å²) in [6, 6.07) is 4.28. The molecule has 0 radical (unpaired) electrons. The van der Waals surface area contributed by atoms with Crippen LogP contribution in [0.2, 0.25) is 0 Å². The molecule has 1 amide bonds. The van der Waals surface area contributed by atoms with Gasteiger partial charge >= 0.3 is 0 Å². The van der Waals surface area contributed by atoms with Crippen molar-refractivity contribution in [2.75, 3.05) is 5.32 Å². The molecule has 0 aromatic heterocycles. The van der Waals surface area contributed by atoms with Gasteiger partial charge in [-0.15, -0.1) is 0 Å². The first-order valence-electron chi connectivity index (χ1n) is 5.83. The van der Waals surface area contributed by atoms with Gasteiger partial charge in [0, 0.05) is 12.0 Å². The lowest BCUT2D eigenvalue weighted by Gasteiger charge is -2.10. The van der Waals surface area contributed by atoms with Gasteiger partial charge in [-0.1, -0.05) is 32.5 Å². The minimum Gasteiger partial charge on any atom is -0.389 e. The lowest BCUT2D eigenvalue weighted by atomic mass is 10.0. The van der Waals surface area contributed by atoms with E-state index in [-0.39, 0.29) is 22.5 Å². The first-order chi connectivity index (χ1) is 8.43. The highest BCUT2D eigenvalue weighted by molar-refractivity contribution is 7.80. The van der Waals surface area contributed by atoms with Gasteiger partial charge in [0.2, 0.25) is 5.91 Å². The number of thiocarbonyl (C=S) groups is 1. The first kappa shape index (κ1) is 14.6. The van der Waals surface area contributed by atoms with E-state index < -0.39 is 5.82 Å². The largest absolute Gasteiger partial charge is 0.389 e. The van der Waals surface area contributed by atoms with E-state index in [0.717, 1.165) is 6.42 Å². The third-order valence-electron chi connectivity index (χ3n) is 2.76. The summed E-state index contributed by atoms with van der Waals surface area (Å²) in [5, 5.41) is 2.54. The van der Waals surface area contributed by atoms with Crippen LogP contribution >= 0.6 is 12.2 Å². The Balaban J connectivity index is 2.74.